The largest absolute Gasteiger partial charge is 0.382 e. The van der Waals surface area contributed by atoms with Crippen molar-refractivity contribution in [2.45, 2.75) is 19.4 Å². The molecule has 0 aromatic carbocycles. The second-order valence-corrected chi connectivity index (χ2v) is 5.41. The predicted octanol–water partition coefficient (Wildman–Crippen LogP) is 0.832. The Bertz CT molecular complexity index is 354. The zero-order valence-corrected chi connectivity index (χ0v) is 11.3. The fourth-order valence-electron chi connectivity index (χ4n) is 2.52. The van der Waals surface area contributed by atoms with Gasteiger partial charge in [0.25, 0.3) is 0 Å². The maximum absolute atomic E-state index is 5.53. The lowest BCUT2D eigenvalue weighted by atomic mass is 9.96. The van der Waals surface area contributed by atoms with E-state index in [1.807, 2.05) is 0 Å². The van der Waals surface area contributed by atoms with Crippen molar-refractivity contribution in [2.75, 3.05) is 39.5 Å². The van der Waals surface area contributed by atoms with E-state index in [0.717, 1.165) is 31.2 Å². The molecule has 1 aliphatic heterocycles. The zero-order chi connectivity index (χ0) is 13.0. The van der Waals surface area contributed by atoms with Gasteiger partial charge in [-0.05, 0) is 45.9 Å². The molecule has 0 bridgehead atoms. The fraction of sp³-hybridized carbons (Fsp3) is 0.692. The minimum absolute atomic E-state index is 0.489. The van der Waals surface area contributed by atoms with Crippen molar-refractivity contribution in [3.63, 3.8) is 0 Å². The molecule has 100 valence electrons. The molecule has 2 heterocycles. The van der Waals surface area contributed by atoms with Crippen LogP contribution in [0.25, 0.3) is 0 Å². The molecule has 0 atom stereocenters. The summed E-state index contributed by atoms with van der Waals surface area (Å²) in [6.45, 7) is 4.41. The van der Waals surface area contributed by atoms with Crippen LogP contribution in [0.15, 0.2) is 12.4 Å². The van der Waals surface area contributed by atoms with Gasteiger partial charge in [-0.2, -0.15) is 0 Å². The van der Waals surface area contributed by atoms with E-state index in [-0.39, 0.29) is 0 Å². The van der Waals surface area contributed by atoms with E-state index in [4.69, 9.17) is 5.73 Å². The lowest BCUT2D eigenvalue weighted by Gasteiger charge is -2.32. The van der Waals surface area contributed by atoms with Gasteiger partial charge in [-0.1, -0.05) is 0 Å². The van der Waals surface area contributed by atoms with Gasteiger partial charge in [0.05, 0.1) is 18.1 Å². The molecule has 0 unspecified atom stereocenters. The summed E-state index contributed by atoms with van der Waals surface area (Å²) in [5, 5.41) is 0. The van der Waals surface area contributed by atoms with E-state index in [0.29, 0.717) is 5.82 Å². The molecule has 0 saturated carbocycles. The van der Waals surface area contributed by atoms with Gasteiger partial charge in [0.2, 0.25) is 0 Å². The normalized spacial score (nSPS) is 18.4. The van der Waals surface area contributed by atoms with Gasteiger partial charge in [-0.15, -0.1) is 0 Å². The fourth-order valence-corrected chi connectivity index (χ4v) is 2.52. The molecule has 2 rings (SSSR count). The van der Waals surface area contributed by atoms with Crippen molar-refractivity contribution in [1.82, 2.24) is 19.8 Å². The highest BCUT2D eigenvalue weighted by molar-refractivity contribution is 5.22. The molecule has 0 amide bonds. The van der Waals surface area contributed by atoms with Crippen LogP contribution < -0.4 is 5.73 Å². The summed E-state index contributed by atoms with van der Waals surface area (Å²) in [6, 6.07) is 0. The minimum Gasteiger partial charge on any atom is -0.382 e. The lowest BCUT2D eigenvalue weighted by molar-refractivity contribution is 0.155. The summed E-state index contributed by atoms with van der Waals surface area (Å²) in [5.74, 6) is 1.33. The number of nitrogens with two attached hydrogens (primary N) is 1. The molecule has 1 saturated heterocycles. The number of piperidine rings is 1. The van der Waals surface area contributed by atoms with E-state index >= 15 is 0 Å². The first-order valence-electron chi connectivity index (χ1n) is 6.57. The summed E-state index contributed by atoms with van der Waals surface area (Å²) in [7, 11) is 4.30. The Hall–Kier alpha value is -1.20. The Labute approximate surface area is 109 Å². The molecular formula is C13H23N5. The monoisotopic (exact) mass is 249 g/mol. The molecule has 1 aliphatic rings. The first-order valence-corrected chi connectivity index (χ1v) is 6.57. The van der Waals surface area contributed by atoms with Crippen LogP contribution in [-0.2, 0) is 6.54 Å². The Morgan fingerprint density at radius 3 is 2.56 bits per heavy atom. The van der Waals surface area contributed by atoms with Gasteiger partial charge < -0.3 is 10.6 Å². The molecule has 18 heavy (non-hydrogen) atoms. The summed E-state index contributed by atoms with van der Waals surface area (Å²) in [6.07, 6.45) is 5.97. The molecule has 5 heteroatoms. The van der Waals surface area contributed by atoms with Crippen LogP contribution in [0, 0.1) is 5.92 Å². The first-order chi connectivity index (χ1) is 8.63. The maximum Gasteiger partial charge on any atom is 0.141 e. The Morgan fingerprint density at radius 1 is 1.28 bits per heavy atom. The SMILES string of the molecule is CN(C)CC1CCN(Cc2cnc(N)cn2)CC1. The van der Waals surface area contributed by atoms with Crippen molar-refractivity contribution in [3.8, 4) is 0 Å². The molecule has 1 aromatic heterocycles. The van der Waals surface area contributed by atoms with Gasteiger partial charge in [0, 0.05) is 13.1 Å². The highest BCUT2D eigenvalue weighted by atomic mass is 15.1. The zero-order valence-electron chi connectivity index (χ0n) is 11.3. The maximum atomic E-state index is 5.53. The smallest absolute Gasteiger partial charge is 0.141 e. The van der Waals surface area contributed by atoms with Crippen LogP contribution in [-0.4, -0.2) is 53.5 Å². The third kappa shape index (κ3) is 3.92. The molecule has 0 spiro atoms. The number of hydrogen-bond acceptors (Lipinski definition) is 5. The molecule has 0 aliphatic carbocycles. The van der Waals surface area contributed by atoms with Crippen molar-refractivity contribution in [2.24, 2.45) is 5.92 Å². The summed E-state index contributed by atoms with van der Waals surface area (Å²) in [4.78, 5) is 13.1. The Kier molecular flexibility index (Phi) is 4.49. The number of nitrogen functional groups attached to an aromatic ring is 1. The molecule has 2 N–H and O–H groups in total. The summed E-state index contributed by atoms with van der Waals surface area (Å²) in [5.41, 5.74) is 6.54. The second-order valence-electron chi connectivity index (χ2n) is 5.41. The number of hydrogen-bond donors (Lipinski definition) is 1. The van der Waals surface area contributed by atoms with Crippen LogP contribution in [0.1, 0.15) is 18.5 Å². The quantitative estimate of drug-likeness (QED) is 0.856. The van der Waals surface area contributed by atoms with E-state index in [2.05, 4.69) is 33.9 Å². The number of likely N-dealkylation sites (tertiary alicyclic amines) is 1. The number of rotatable bonds is 4. The summed E-state index contributed by atoms with van der Waals surface area (Å²) < 4.78 is 0. The Balaban J connectivity index is 1.78. The lowest BCUT2D eigenvalue weighted by Crippen LogP contribution is -2.36. The third-order valence-electron chi connectivity index (χ3n) is 3.44. The average molecular weight is 249 g/mol. The van der Waals surface area contributed by atoms with Gasteiger partial charge in [-0.25, -0.2) is 4.98 Å². The van der Waals surface area contributed by atoms with Crippen molar-refractivity contribution < 1.29 is 0 Å². The Morgan fingerprint density at radius 2 is 2.00 bits per heavy atom. The van der Waals surface area contributed by atoms with Crippen LogP contribution >= 0.6 is 0 Å². The van der Waals surface area contributed by atoms with Crippen LogP contribution in [0.3, 0.4) is 0 Å². The minimum atomic E-state index is 0.489. The molecule has 1 aromatic rings. The van der Waals surface area contributed by atoms with Crippen LogP contribution in [0.4, 0.5) is 5.82 Å². The molecule has 5 nitrogen and oxygen atoms in total. The first kappa shape index (κ1) is 13.2. The molecule has 1 fully saturated rings. The third-order valence-corrected chi connectivity index (χ3v) is 3.44. The summed E-state index contributed by atoms with van der Waals surface area (Å²) >= 11 is 0. The second kappa shape index (κ2) is 6.11. The van der Waals surface area contributed by atoms with E-state index in [9.17, 15) is 0 Å². The molecular weight excluding hydrogens is 226 g/mol. The predicted molar refractivity (Wildman–Crippen MR) is 73.0 cm³/mol. The van der Waals surface area contributed by atoms with E-state index in [1.54, 1.807) is 12.4 Å². The highest BCUT2D eigenvalue weighted by Crippen LogP contribution is 2.18. The number of anilines is 1. The van der Waals surface area contributed by atoms with Gasteiger partial charge >= 0.3 is 0 Å². The van der Waals surface area contributed by atoms with Crippen molar-refractivity contribution in [1.29, 1.82) is 0 Å². The van der Waals surface area contributed by atoms with Crippen molar-refractivity contribution >= 4 is 5.82 Å². The number of nitrogens with zero attached hydrogens (tertiary/aromatic N) is 4. The van der Waals surface area contributed by atoms with Gasteiger partial charge in [0.1, 0.15) is 5.82 Å². The van der Waals surface area contributed by atoms with Crippen LogP contribution in [0.5, 0.6) is 0 Å². The standard InChI is InChI=1S/C13H23N5/c1-17(2)9-11-3-5-18(6-4-11)10-12-7-16-13(14)8-15-12/h7-8,11H,3-6,9-10H2,1-2H3,(H2,14,16). The van der Waals surface area contributed by atoms with Crippen LogP contribution in [0.2, 0.25) is 0 Å². The van der Waals surface area contributed by atoms with Gasteiger partial charge in [0.15, 0.2) is 0 Å². The topological polar surface area (TPSA) is 58.3 Å². The van der Waals surface area contributed by atoms with Crippen molar-refractivity contribution in [3.05, 3.63) is 18.1 Å². The average Bonchev–Trinajstić information content (AvgIpc) is 2.34. The molecule has 0 radical (unpaired) electrons. The van der Waals surface area contributed by atoms with E-state index < -0.39 is 0 Å². The van der Waals surface area contributed by atoms with Gasteiger partial charge in [-0.3, -0.25) is 9.88 Å². The van der Waals surface area contributed by atoms with E-state index in [1.165, 1.54) is 19.4 Å². The number of aromatic nitrogens is 2. The highest BCUT2D eigenvalue weighted by Gasteiger charge is 2.19.